The number of nitrogens with one attached hydrogen (secondary N) is 2. The summed E-state index contributed by atoms with van der Waals surface area (Å²) in [5.41, 5.74) is 1.09. The van der Waals surface area contributed by atoms with Crippen molar-refractivity contribution in [3.05, 3.63) is 11.5 Å². The highest BCUT2D eigenvalue weighted by Crippen LogP contribution is 2.51. The van der Waals surface area contributed by atoms with Crippen LogP contribution in [0.2, 0.25) is 5.15 Å². The van der Waals surface area contributed by atoms with Gasteiger partial charge >= 0.3 is 0 Å². The lowest BCUT2D eigenvalue weighted by Crippen LogP contribution is -2.18. The molecule has 7 heteroatoms. The van der Waals surface area contributed by atoms with E-state index in [4.69, 9.17) is 11.6 Å². The molecule has 0 radical (unpaired) electrons. The van der Waals surface area contributed by atoms with E-state index >= 15 is 0 Å². The van der Waals surface area contributed by atoms with Crippen molar-refractivity contribution in [2.45, 2.75) is 20.3 Å². The van der Waals surface area contributed by atoms with E-state index < -0.39 is 0 Å². The van der Waals surface area contributed by atoms with Crippen LogP contribution in [-0.4, -0.2) is 25.8 Å². The van der Waals surface area contributed by atoms with Crippen LogP contribution in [0.4, 0.5) is 5.95 Å². The second kappa shape index (κ2) is 3.65. The standard InChI is InChI=1S/C11H12ClN5O/c1-11(2)3-5(11)9(18)17-10-15-7(12)6-8(16-10)14-4-13-6/h4-5H,3H2,1-2H3,(H2,13,14,15,16,17,18). The van der Waals surface area contributed by atoms with Crippen molar-refractivity contribution in [1.82, 2.24) is 19.9 Å². The molecule has 1 aliphatic carbocycles. The zero-order valence-corrected chi connectivity index (χ0v) is 10.7. The second-order valence-corrected chi connectivity index (χ2v) is 5.53. The van der Waals surface area contributed by atoms with Gasteiger partial charge in [-0.05, 0) is 11.8 Å². The molecular formula is C11H12ClN5O. The Labute approximate surface area is 108 Å². The third-order valence-corrected chi connectivity index (χ3v) is 3.58. The minimum absolute atomic E-state index is 0.0229. The number of hydrogen-bond acceptors (Lipinski definition) is 4. The normalized spacial score (nSPS) is 20.9. The maximum atomic E-state index is 11.9. The number of hydrogen-bond donors (Lipinski definition) is 2. The Morgan fingerprint density at radius 2 is 2.28 bits per heavy atom. The van der Waals surface area contributed by atoms with Crippen LogP contribution in [0.1, 0.15) is 20.3 Å². The third kappa shape index (κ3) is 1.82. The first kappa shape index (κ1) is 11.4. The first-order chi connectivity index (χ1) is 8.47. The van der Waals surface area contributed by atoms with Gasteiger partial charge in [0.05, 0.1) is 6.33 Å². The van der Waals surface area contributed by atoms with Gasteiger partial charge in [0.1, 0.15) is 5.52 Å². The van der Waals surface area contributed by atoms with Crippen LogP contribution in [-0.2, 0) is 4.79 Å². The van der Waals surface area contributed by atoms with Crippen LogP contribution >= 0.6 is 11.6 Å². The van der Waals surface area contributed by atoms with Crippen molar-refractivity contribution in [1.29, 1.82) is 0 Å². The quantitative estimate of drug-likeness (QED) is 0.814. The van der Waals surface area contributed by atoms with E-state index in [9.17, 15) is 4.79 Å². The number of imidazole rings is 1. The summed E-state index contributed by atoms with van der Waals surface area (Å²) in [7, 11) is 0. The molecule has 1 saturated carbocycles. The van der Waals surface area contributed by atoms with Gasteiger partial charge in [0, 0.05) is 5.92 Å². The van der Waals surface area contributed by atoms with Crippen LogP contribution in [0.15, 0.2) is 6.33 Å². The maximum Gasteiger partial charge on any atom is 0.233 e. The van der Waals surface area contributed by atoms with Crippen LogP contribution in [0.25, 0.3) is 11.2 Å². The van der Waals surface area contributed by atoms with Gasteiger partial charge in [0.2, 0.25) is 11.9 Å². The number of halogens is 1. The molecule has 0 saturated heterocycles. The first-order valence-corrected chi connectivity index (χ1v) is 6.03. The minimum Gasteiger partial charge on any atom is -0.341 e. The molecule has 2 aromatic rings. The molecule has 2 heterocycles. The van der Waals surface area contributed by atoms with E-state index in [1.54, 1.807) is 0 Å². The van der Waals surface area contributed by atoms with Crippen molar-refractivity contribution in [2.24, 2.45) is 11.3 Å². The van der Waals surface area contributed by atoms with Crippen LogP contribution < -0.4 is 5.32 Å². The average Bonchev–Trinajstić information content (AvgIpc) is 2.73. The molecule has 3 rings (SSSR count). The number of aromatic nitrogens is 4. The fourth-order valence-corrected chi connectivity index (χ4v) is 2.18. The van der Waals surface area contributed by atoms with Gasteiger partial charge < -0.3 is 4.98 Å². The fourth-order valence-electron chi connectivity index (χ4n) is 1.97. The SMILES string of the molecule is CC1(C)CC1C(=O)Nc1nc(Cl)c2[nH]cnc2n1. The number of carbonyl (C=O) groups excluding carboxylic acids is 1. The van der Waals surface area contributed by atoms with Crippen LogP contribution in [0.5, 0.6) is 0 Å². The molecule has 2 aromatic heterocycles. The van der Waals surface area contributed by atoms with Crippen LogP contribution in [0, 0.1) is 11.3 Å². The Bertz CT molecular complexity index is 635. The first-order valence-electron chi connectivity index (χ1n) is 5.65. The highest BCUT2D eigenvalue weighted by Gasteiger charge is 2.50. The van der Waals surface area contributed by atoms with Crippen molar-refractivity contribution in [3.8, 4) is 0 Å². The van der Waals surface area contributed by atoms with Gasteiger partial charge in [-0.25, -0.2) is 4.98 Å². The monoisotopic (exact) mass is 265 g/mol. The molecule has 1 aliphatic rings. The van der Waals surface area contributed by atoms with Gasteiger partial charge in [-0.2, -0.15) is 9.97 Å². The average molecular weight is 266 g/mol. The van der Waals surface area contributed by atoms with Crippen molar-refractivity contribution >= 4 is 34.6 Å². The largest absolute Gasteiger partial charge is 0.341 e. The lowest BCUT2D eigenvalue weighted by atomic mass is 10.1. The summed E-state index contributed by atoms with van der Waals surface area (Å²) >= 11 is 5.96. The number of anilines is 1. The van der Waals surface area contributed by atoms with E-state index in [1.165, 1.54) is 6.33 Å². The lowest BCUT2D eigenvalue weighted by Gasteiger charge is -2.05. The molecule has 6 nitrogen and oxygen atoms in total. The molecule has 1 fully saturated rings. The third-order valence-electron chi connectivity index (χ3n) is 3.31. The summed E-state index contributed by atoms with van der Waals surface area (Å²) in [6, 6.07) is 0. The van der Waals surface area contributed by atoms with Crippen molar-refractivity contribution in [2.75, 3.05) is 5.32 Å². The maximum absolute atomic E-state index is 11.9. The number of nitrogens with zero attached hydrogens (tertiary/aromatic N) is 3. The Hall–Kier alpha value is -1.69. The molecule has 2 N–H and O–H groups in total. The number of H-pyrrole nitrogens is 1. The summed E-state index contributed by atoms with van der Waals surface area (Å²) in [4.78, 5) is 26.9. The minimum atomic E-state index is -0.0639. The number of rotatable bonds is 2. The second-order valence-electron chi connectivity index (χ2n) is 5.17. The van der Waals surface area contributed by atoms with Gasteiger partial charge in [-0.1, -0.05) is 25.4 Å². The molecule has 0 bridgehead atoms. The predicted molar refractivity (Wildman–Crippen MR) is 67.2 cm³/mol. The van der Waals surface area contributed by atoms with Gasteiger partial charge in [-0.3, -0.25) is 10.1 Å². The topological polar surface area (TPSA) is 83.6 Å². The van der Waals surface area contributed by atoms with Gasteiger partial charge in [0.15, 0.2) is 10.8 Å². The zero-order chi connectivity index (χ0) is 12.9. The fraction of sp³-hybridized carbons (Fsp3) is 0.455. The van der Waals surface area contributed by atoms with Gasteiger partial charge in [-0.15, -0.1) is 0 Å². The summed E-state index contributed by atoms with van der Waals surface area (Å²) in [5.74, 6) is 0.160. The zero-order valence-electron chi connectivity index (χ0n) is 9.99. The highest BCUT2D eigenvalue weighted by atomic mass is 35.5. The number of carbonyl (C=O) groups is 1. The molecule has 1 amide bonds. The molecule has 94 valence electrons. The van der Waals surface area contributed by atoms with Crippen molar-refractivity contribution < 1.29 is 4.79 Å². The van der Waals surface area contributed by atoms with Crippen molar-refractivity contribution in [3.63, 3.8) is 0 Å². The Balaban J connectivity index is 1.85. The Kier molecular flexibility index (Phi) is 2.31. The summed E-state index contributed by atoms with van der Waals surface area (Å²) in [6.07, 6.45) is 2.37. The molecule has 0 aromatic carbocycles. The Morgan fingerprint density at radius 3 is 2.94 bits per heavy atom. The van der Waals surface area contributed by atoms with E-state index in [2.05, 4.69) is 39.1 Å². The number of amides is 1. The van der Waals surface area contributed by atoms with E-state index in [0.29, 0.717) is 11.2 Å². The molecule has 18 heavy (non-hydrogen) atoms. The predicted octanol–water partition coefficient (Wildman–Crippen LogP) is 1.99. The number of fused-ring (bicyclic) bond motifs is 1. The molecule has 0 spiro atoms. The highest BCUT2D eigenvalue weighted by molar-refractivity contribution is 6.33. The molecular weight excluding hydrogens is 254 g/mol. The van der Waals surface area contributed by atoms with Gasteiger partial charge in [0.25, 0.3) is 0 Å². The lowest BCUT2D eigenvalue weighted by molar-refractivity contribution is -0.118. The summed E-state index contributed by atoms with van der Waals surface area (Å²) < 4.78 is 0. The van der Waals surface area contributed by atoms with E-state index in [1.807, 2.05) is 0 Å². The Morgan fingerprint density at radius 1 is 1.56 bits per heavy atom. The molecule has 1 atom stereocenters. The number of aromatic amines is 1. The summed E-state index contributed by atoms with van der Waals surface area (Å²) in [6.45, 7) is 4.12. The molecule has 1 unspecified atom stereocenters. The van der Waals surface area contributed by atoms with E-state index in [-0.39, 0.29) is 28.3 Å². The van der Waals surface area contributed by atoms with Crippen LogP contribution in [0.3, 0.4) is 0 Å². The molecule has 0 aliphatic heterocycles. The smallest absolute Gasteiger partial charge is 0.233 e. The van der Waals surface area contributed by atoms with E-state index in [0.717, 1.165) is 6.42 Å². The summed E-state index contributed by atoms with van der Waals surface area (Å²) in [5, 5.41) is 2.94.